The molecule has 0 aliphatic carbocycles. The molecule has 3 aromatic rings. The van der Waals surface area contributed by atoms with Gasteiger partial charge in [0.05, 0.1) is 23.1 Å². The molecule has 0 atom stereocenters. The molecule has 2 aromatic carbocycles. The Bertz CT molecular complexity index is 1140. The summed E-state index contributed by atoms with van der Waals surface area (Å²) in [6, 6.07) is 13.4. The third-order valence-corrected chi connectivity index (χ3v) is 5.59. The number of anilines is 1. The molecule has 0 spiro atoms. The zero-order valence-electron chi connectivity index (χ0n) is 15.8. The number of para-hydroxylation sites is 1. The van der Waals surface area contributed by atoms with E-state index < -0.39 is 5.56 Å². The van der Waals surface area contributed by atoms with Gasteiger partial charge in [0.1, 0.15) is 10.8 Å². The summed E-state index contributed by atoms with van der Waals surface area (Å²) < 4.78 is 1.26. The van der Waals surface area contributed by atoms with Crippen molar-refractivity contribution < 1.29 is 9.90 Å². The molecule has 2 heterocycles. The van der Waals surface area contributed by atoms with Crippen LogP contribution in [0.25, 0.3) is 5.69 Å². The van der Waals surface area contributed by atoms with Crippen LogP contribution < -0.4 is 10.5 Å². The van der Waals surface area contributed by atoms with E-state index in [1.54, 1.807) is 23.2 Å². The fraction of sp³-hybridized carbons (Fsp3) is 0.190. The topological polar surface area (TPSA) is 78.7 Å². The van der Waals surface area contributed by atoms with Crippen LogP contribution >= 0.6 is 23.2 Å². The highest BCUT2D eigenvalue weighted by molar-refractivity contribution is 6.33. The maximum Gasteiger partial charge on any atom is 0.292 e. The number of hydrogen-bond donors (Lipinski definition) is 1. The second-order valence-electron chi connectivity index (χ2n) is 6.84. The van der Waals surface area contributed by atoms with Crippen molar-refractivity contribution in [1.29, 1.82) is 0 Å². The highest BCUT2D eigenvalue weighted by atomic mass is 35.5. The Hall–Kier alpha value is -3.03. The van der Waals surface area contributed by atoms with Crippen LogP contribution in [0.5, 0.6) is 5.75 Å². The predicted molar refractivity (Wildman–Crippen MR) is 116 cm³/mol. The molecule has 1 aromatic heterocycles. The number of piperazine rings is 1. The van der Waals surface area contributed by atoms with E-state index in [-0.39, 0.29) is 22.2 Å². The monoisotopic (exact) mass is 444 g/mol. The van der Waals surface area contributed by atoms with E-state index in [2.05, 4.69) is 5.10 Å². The predicted octanol–water partition coefficient (Wildman–Crippen LogP) is 3.21. The number of rotatable bonds is 3. The van der Waals surface area contributed by atoms with Gasteiger partial charge in [-0.1, -0.05) is 41.4 Å². The Morgan fingerprint density at radius 3 is 2.40 bits per heavy atom. The zero-order chi connectivity index (χ0) is 21.3. The van der Waals surface area contributed by atoms with Crippen molar-refractivity contribution in [2.75, 3.05) is 31.1 Å². The normalized spacial score (nSPS) is 14.1. The molecule has 154 valence electrons. The van der Waals surface area contributed by atoms with Crippen molar-refractivity contribution >= 4 is 34.8 Å². The standard InChI is InChI=1S/C21H18Cl2N4O3/c22-14-6-7-18(28)16(12-14)20(29)26-10-8-25(9-11-26)17-13-24-27(21(30)19(17)23)15-4-2-1-3-5-15/h1-7,12-13,28H,8-11H2. The molecule has 1 aliphatic rings. The Balaban J connectivity index is 1.51. The summed E-state index contributed by atoms with van der Waals surface area (Å²) in [5.41, 5.74) is 0.933. The first kappa shape index (κ1) is 20.3. The Labute approximate surface area is 182 Å². The summed E-state index contributed by atoms with van der Waals surface area (Å²) in [4.78, 5) is 29.0. The second kappa shape index (κ2) is 8.38. The van der Waals surface area contributed by atoms with Gasteiger partial charge in [-0.2, -0.15) is 9.78 Å². The second-order valence-corrected chi connectivity index (χ2v) is 7.65. The zero-order valence-corrected chi connectivity index (χ0v) is 17.3. The molecule has 7 nitrogen and oxygen atoms in total. The summed E-state index contributed by atoms with van der Waals surface area (Å²) in [5.74, 6) is -0.401. The Morgan fingerprint density at radius 1 is 1.00 bits per heavy atom. The number of aromatic nitrogens is 2. The third kappa shape index (κ3) is 3.86. The average Bonchev–Trinajstić information content (AvgIpc) is 2.77. The molecular formula is C21H18Cl2N4O3. The van der Waals surface area contributed by atoms with E-state index in [1.807, 2.05) is 23.1 Å². The summed E-state index contributed by atoms with van der Waals surface area (Å²) >= 11 is 12.3. The van der Waals surface area contributed by atoms with Crippen LogP contribution in [-0.2, 0) is 0 Å². The van der Waals surface area contributed by atoms with Crippen LogP contribution in [0.15, 0.2) is 59.5 Å². The van der Waals surface area contributed by atoms with Gasteiger partial charge in [0.2, 0.25) is 0 Å². The molecule has 30 heavy (non-hydrogen) atoms. The van der Waals surface area contributed by atoms with Gasteiger partial charge in [-0.3, -0.25) is 9.59 Å². The lowest BCUT2D eigenvalue weighted by Crippen LogP contribution is -2.49. The first-order chi connectivity index (χ1) is 14.5. The van der Waals surface area contributed by atoms with E-state index in [0.29, 0.717) is 42.6 Å². The van der Waals surface area contributed by atoms with Crippen molar-refractivity contribution in [3.8, 4) is 11.4 Å². The third-order valence-electron chi connectivity index (χ3n) is 5.00. The number of phenolic OH excluding ortho intramolecular Hbond substituents is 1. The molecule has 1 saturated heterocycles. The minimum Gasteiger partial charge on any atom is -0.507 e. The lowest BCUT2D eigenvalue weighted by molar-refractivity contribution is 0.0743. The highest BCUT2D eigenvalue weighted by Crippen LogP contribution is 2.26. The number of phenols is 1. The van der Waals surface area contributed by atoms with E-state index in [4.69, 9.17) is 23.2 Å². The van der Waals surface area contributed by atoms with Gasteiger partial charge in [0, 0.05) is 31.2 Å². The molecule has 1 N–H and O–H groups in total. The van der Waals surface area contributed by atoms with Crippen molar-refractivity contribution in [2.24, 2.45) is 0 Å². The van der Waals surface area contributed by atoms with Crippen LogP contribution in [-0.4, -0.2) is 51.9 Å². The lowest BCUT2D eigenvalue weighted by Gasteiger charge is -2.36. The number of benzene rings is 2. The van der Waals surface area contributed by atoms with Crippen LogP contribution in [0, 0.1) is 0 Å². The molecule has 0 unspecified atom stereocenters. The molecule has 1 fully saturated rings. The van der Waals surface area contributed by atoms with E-state index in [0.717, 1.165) is 0 Å². The molecule has 0 saturated carbocycles. The fourth-order valence-corrected chi connectivity index (χ4v) is 3.82. The number of halogens is 2. The fourth-order valence-electron chi connectivity index (χ4n) is 3.40. The molecule has 9 heteroatoms. The maximum atomic E-state index is 12.7. The van der Waals surface area contributed by atoms with E-state index in [9.17, 15) is 14.7 Å². The van der Waals surface area contributed by atoms with Crippen molar-refractivity contribution in [3.63, 3.8) is 0 Å². The van der Waals surface area contributed by atoms with Crippen LogP contribution in [0.4, 0.5) is 5.69 Å². The van der Waals surface area contributed by atoms with Gasteiger partial charge < -0.3 is 14.9 Å². The number of carbonyl (C=O) groups excluding carboxylic acids is 1. The first-order valence-corrected chi connectivity index (χ1v) is 10.1. The van der Waals surface area contributed by atoms with Crippen molar-refractivity contribution in [2.45, 2.75) is 0 Å². The van der Waals surface area contributed by atoms with Gasteiger partial charge in [-0.05, 0) is 30.3 Å². The van der Waals surface area contributed by atoms with Gasteiger partial charge in [-0.25, -0.2) is 0 Å². The molecule has 1 aliphatic heterocycles. The summed E-state index contributed by atoms with van der Waals surface area (Å²) in [6.07, 6.45) is 1.57. The summed E-state index contributed by atoms with van der Waals surface area (Å²) in [5, 5.41) is 14.7. The van der Waals surface area contributed by atoms with Crippen molar-refractivity contribution in [3.05, 3.63) is 80.7 Å². The van der Waals surface area contributed by atoms with Gasteiger partial charge in [0.15, 0.2) is 0 Å². The first-order valence-electron chi connectivity index (χ1n) is 9.31. The molecule has 1 amide bonds. The quantitative estimate of drug-likeness (QED) is 0.670. The number of hydrogen-bond acceptors (Lipinski definition) is 5. The molecule has 0 radical (unpaired) electrons. The molecule has 0 bridgehead atoms. The molecular weight excluding hydrogens is 427 g/mol. The minimum absolute atomic E-state index is 0.0844. The van der Waals surface area contributed by atoms with Crippen LogP contribution in [0.1, 0.15) is 10.4 Å². The highest BCUT2D eigenvalue weighted by Gasteiger charge is 2.26. The lowest BCUT2D eigenvalue weighted by atomic mass is 10.1. The number of amides is 1. The SMILES string of the molecule is O=C(c1cc(Cl)ccc1O)N1CCN(c2cnn(-c3ccccc3)c(=O)c2Cl)CC1. The summed E-state index contributed by atoms with van der Waals surface area (Å²) in [7, 11) is 0. The minimum atomic E-state index is -0.400. The number of nitrogens with zero attached hydrogens (tertiary/aromatic N) is 4. The van der Waals surface area contributed by atoms with Gasteiger partial charge >= 0.3 is 0 Å². The van der Waals surface area contributed by atoms with Crippen LogP contribution in [0.2, 0.25) is 10.0 Å². The smallest absolute Gasteiger partial charge is 0.292 e. The van der Waals surface area contributed by atoms with Gasteiger partial charge in [-0.15, -0.1) is 0 Å². The Morgan fingerprint density at radius 2 is 1.70 bits per heavy atom. The summed E-state index contributed by atoms with van der Waals surface area (Å²) in [6.45, 7) is 1.76. The number of carbonyl (C=O) groups is 1. The van der Waals surface area contributed by atoms with E-state index >= 15 is 0 Å². The maximum absolute atomic E-state index is 12.7. The van der Waals surface area contributed by atoms with Crippen molar-refractivity contribution in [1.82, 2.24) is 14.7 Å². The average molecular weight is 445 g/mol. The van der Waals surface area contributed by atoms with Crippen LogP contribution in [0.3, 0.4) is 0 Å². The van der Waals surface area contributed by atoms with E-state index in [1.165, 1.54) is 22.9 Å². The Kier molecular flexibility index (Phi) is 5.65. The van der Waals surface area contributed by atoms with Gasteiger partial charge in [0.25, 0.3) is 11.5 Å². The molecule has 4 rings (SSSR count). The number of aromatic hydroxyl groups is 1. The largest absolute Gasteiger partial charge is 0.507 e.